The molecule has 1 fully saturated rings. The summed E-state index contributed by atoms with van der Waals surface area (Å²) >= 11 is 0. The van der Waals surface area contributed by atoms with Gasteiger partial charge < -0.3 is 13.9 Å². The molecule has 0 spiro atoms. The third kappa shape index (κ3) is 4.58. The van der Waals surface area contributed by atoms with Crippen LogP contribution in [0.5, 0.6) is 11.5 Å². The van der Waals surface area contributed by atoms with E-state index in [1.54, 1.807) is 18.3 Å². The Hall–Kier alpha value is -2.88. The molecule has 31 heavy (non-hydrogen) atoms. The number of oxazole rings is 1. The van der Waals surface area contributed by atoms with Crippen molar-refractivity contribution in [3.05, 3.63) is 60.6 Å². The summed E-state index contributed by atoms with van der Waals surface area (Å²) in [7, 11) is -0.615. The number of rotatable bonds is 7. The number of benzene rings is 2. The Morgan fingerprint density at radius 3 is 2.35 bits per heavy atom. The standard InChI is InChI=1S/C22H25N3O5S/c1-28-19-9-8-18(14-20(19)29-2)31(26,27)25-12-10-24(11-13-25)16-22-23-15-21(30-22)17-6-4-3-5-7-17/h3-9,14-15H,10-13,16H2,1-2H3. The molecule has 1 aromatic heterocycles. The Balaban J connectivity index is 1.39. The number of sulfonamides is 1. The lowest BCUT2D eigenvalue weighted by Crippen LogP contribution is -2.48. The van der Waals surface area contributed by atoms with E-state index in [4.69, 9.17) is 13.9 Å². The van der Waals surface area contributed by atoms with Crippen LogP contribution in [-0.4, -0.2) is 63.0 Å². The highest BCUT2D eigenvalue weighted by molar-refractivity contribution is 7.89. The molecule has 0 radical (unpaired) electrons. The predicted octanol–water partition coefficient (Wildman–Crippen LogP) is 2.87. The summed E-state index contributed by atoms with van der Waals surface area (Å²) in [6, 6.07) is 14.5. The quantitative estimate of drug-likeness (QED) is 0.555. The summed E-state index contributed by atoms with van der Waals surface area (Å²) < 4.78 is 43.9. The maximum atomic E-state index is 13.1. The van der Waals surface area contributed by atoms with Gasteiger partial charge in [0, 0.05) is 37.8 Å². The maximum absolute atomic E-state index is 13.1. The summed E-state index contributed by atoms with van der Waals surface area (Å²) in [5.74, 6) is 2.23. The van der Waals surface area contributed by atoms with E-state index in [1.165, 1.54) is 24.6 Å². The van der Waals surface area contributed by atoms with Crippen LogP contribution in [0.25, 0.3) is 11.3 Å². The second-order valence-corrected chi connectivity index (χ2v) is 9.12. The van der Waals surface area contributed by atoms with E-state index in [0.717, 1.165) is 11.3 Å². The minimum atomic E-state index is -3.62. The molecule has 2 aromatic carbocycles. The van der Waals surface area contributed by atoms with Gasteiger partial charge in [-0.1, -0.05) is 30.3 Å². The molecule has 0 atom stereocenters. The zero-order valence-corrected chi connectivity index (χ0v) is 18.3. The number of methoxy groups -OCH3 is 2. The van der Waals surface area contributed by atoms with Crippen molar-refractivity contribution in [2.75, 3.05) is 40.4 Å². The normalized spacial score (nSPS) is 15.7. The number of aromatic nitrogens is 1. The van der Waals surface area contributed by atoms with Gasteiger partial charge in [-0.15, -0.1) is 0 Å². The number of ether oxygens (including phenoxy) is 2. The monoisotopic (exact) mass is 443 g/mol. The first-order valence-electron chi connectivity index (χ1n) is 9.96. The van der Waals surface area contributed by atoms with Crippen molar-refractivity contribution < 1.29 is 22.3 Å². The fraction of sp³-hybridized carbons (Fsp3) is 0.318. The zero-order chi connectivity index (χ0) is 21.8. The summed E-state index contributed by atoms with van der Waals surface area (Å²) in [4.78, 5) is 6.70. The van der Waals surface area contributed by atoms with Gasteiger partial charge in [0.15, 0.2) is 17.3 Å². The molecule has 1 aliphatic rings. The van der Waals surface area contributed by atoms with Crippen molar-refractivity contribution in [3.8, 4) is 22.8 Å². The molecule has 0 amide bonds. The van der Waals surface area contributed by atoms with Gasteiger partial charge in [0.05, 0.1) is 31.9 Å². The largest absolute Gasteiger partial charge is 0.493 e. The van der Waals surface area contributed by atoms with Crippen LogP contribution in [0.15, 0.2) is 64.0 Å². The Bertz CT molecular complexity index is 1120. The summed E-state index contributed by atoms with van der Waals surface area (Å²) in [6.45, 7) is 2.51. The molecule has 3 aromatic rings. The van der Waals surface area contributed by atoms with Gasteiger partial charge >= 0.3 is 0 Å². The zero-order valence-electron chi connectivity index (χ0n) is 17.5. The molecule has 2 heterocycles. The lowest BCUT2D eigenvalue weighted by Gasteiger charge is -2.33. The van der Waals surface area contributed by atoms with Crippen LogP contribution in [0.4, 0.5) is 0 Å². The fourth-order valence-corrected chi connectivity index (χ4v) is 5.00. The van der Waals surface area contributed by atoms with Crippen LogP contribution in [-0.2, 0) is 16.6 Å². The average Bonchev–Trinajstić information content (AvgIpc) is 3.28. The topological polar surface area (TPSA) is 85.1 Å². The van der Waals surface area contributed by atoms with Crippen LogP contribution in [0.1, 0.15) is 5.89 Å². The predicted molar refractivity (Wildman–Crippen MR) is 116 cm³/mol. The van der Waals surface area contributed by atoms with E-state index in [2.05, 4.69) is 9.88 Å². The van der Waals surface area contributed by atoms with E-state index in [-0.39, 0.29) is 4.90 Å². The van der Waals surface area contributed by atoms with Crippen molar-refractivity contribution in [1.82, 2.24) is 14.2 Å². The average molecular weight is 444 g/mol. The van der Waals surface area contributed by atoms with Gasteiger partial charge in [-0.2, -0.15) is 4.31 Å². The van der Waals surface area contributed by atoms with E-state index in [9.17, 15) is 8.42 Å². The van der Waals surface area contributed by atoms with Gasteiger partial charge in [0.2, 0.25) is 15.9 Å². The Morgan fingerprint density at radius 2 is 1.68 bits per heavy atom. The molecular formula is C22H25N3O5S. The third-order valence-electron chi connectivity index (χ3n) is 5.29. The lowest BCUT2D eigenvalue weighted by molar-refractivity contribution is 0.168. The molecule has 8 nitrogen and oxygen atoms in total. The minimum absolute atomic E-state index is 0.193. The molecular weight excluding hydrogens is 418 g/mol. The van der Waals surface area contributed by atoms with Crippen molar-refractivity contribution in [3.63, 3.8) is 0 Å². The molecule has 9 heteroatoms. The number of hydrogen-bond donors (Lipinski definition) is 0. The third-order valence-corrected chi connectivity index (χ3v) is 7.19. The van der Waals surface area contributed by atoms with Gasteiger partial charge in [-0.25, -0.2) is 13.4 Å². The highest BCUT2D eigenvalue weighted by atomic mass is 32.2. The SMILES string of the molecule is COc1ccc(S(=O)(=O)N2CCN(Cc3ncc(-c4ccccc4)o3)CC2)cc1OC. The Kier molecular flexibility index (Phi) is 6.26. The molecule has 0 aliphatic carbocycles. The first kappa shape index (κ1) is 21.4. The van der Waals surface area contributed by atoms with Crippen LogP contribution in [0.2, 0.25) is 0 Å². The Morgan fingerprint density at radius 1 is 0.968 bits per heavy atom. The highest BCUT2D eigenvalue weighted by Gasteiger charge is 2.29. The maximum Gasteiger partial charge on any atom is 0.243 e. The van der Waals surface area contributed by atoms with Crippen molar-refractivity contribution in [2.45, 2.75) is 11.4 Å². The van der Waals surface area contributed by atoms with Gasteiger partial charge in [-0.05, 0) is 12.1 Å². The molecule has 1 saturated heterocycles. The van der Waals surface area contributed by atoms with Crippen LogP contribution in [0, 0.1) is 0 Å². The second-order valence-electron chi connectivity index (χ2n) is 7.18. The minimum Gasteiger partial charge on any atom is -0.493 e. The first-order chi connectivity index (χ1) is 15.0. The molecule has 0 saturated carbocycles. The van der Waals surface area contributed by atoms with Gasteiger partial charge in [0.25, 0.3) is 0 Å². The van der Waals surface area contributed by atoms with Crippen LogP contribution < -0.4 is 9.47 Å². The highest BCUT2D eigenvalue weighted by Crippen LogP contribution is 2.31. The van der Waals surface area contributed by atoms with E-state index >= 15 is 0 Å². The van der Waals surface area contributed by atoms with Crippen LogP contribution >= 0.6 is 0 Å². The summed E-state index contributed by atoms with van der Waals surface area (Å²) in [5, 5.41) is 0. The number of nitrogens with zero attached hydrogens (tertiary/aromatic N) is 3. The van der Waals surface area contributed by atoms with Crippen molar-refractivity contribution >= 4 is 10.0 Å². The van der Waals surface area contributed by atoms with Crippen LogP contribution in [0.3, 0.4) is 0 Å². The first-order valence-corrected chi connectivity index (χ1v) is 11.4. The number of hydrogen-bond acceptors (Lipinski definition) is 7. The molecule has 0 bridgehead atoms. The lowest BCUT2D eigenvalue weighted by atomic mass is 10.2. The van der Waals surface area contributed by atoms with Gasteiger partial charge in [-0.3, -0.25) is 4.90 Å². The molecule has 4 rings (SSSR count). The van der Waals surface area contributed by atoms with Gasteiger partial charge in [0.1, 0.15) is 0 Å². The summed E-state index contributed by atoms with van der Waals surface area (Å²) in [6.07, 6.45) is 1.72. The smallest absolute Gasteiger partial charge is 0.243 e. The van der Waals surface area contributed by atoms with Crippen molar-refractivity contribution in [2.24, 2.45) is 0 Å². The Labute approximate surface area is 182 Å². The van der Waals surface area contributed by atoms with E-state index in [0.29, 0.717) is 50.1 Å². The number of piperazine rings is 1. The summed E-state index contributed by atoms with van der Waals surface area (Å²) in [5.41, 5.74) is 0.979. The molecule has 1 aliphatic heterocycles. The van der Waals surface area contributed by atoms with E-state index in [1.807, 2.05) is 30.3 Å². The van der Waals surface area contributed by atoms with Crippen molar-refractivity contribution in [1.29, 1.82) is 0 Å². The second kappa shape index (κ2) is 9.09. The molecule has 0 unspecified atom stereocenters. The fourth-order valence-electron chi connectivity index (χ4n) is 3.56. The molecule has 164 valence electrons. The van der Waals surface area contributed by atoms with E-state index < -0.39 is 10.0 Å². The molecule has 0 N–H and O–H groups in total.